The van der Waals surface area contributed by atoms with E-state index >= 15 is 0 Å². The topological polar surface area (TPSA) is 74.0 Å². The van der Waals surface area contributed by atoms with Crippen molar-refractivity contribution in [2.45, 2.75) is 50.4 Å². The predicted octanol–water partition coefficient (Wildman–Crippen LogP) is 4.81. The highest BCUT2D eigenvalue weighted by Gasteiger charge is 2.42. The zero-order valence-electron chi connectivity index (χ0n) is 17.2. The first-order valence-corrected chi connectivity index (χ1v) is 11.5. The Hall–Kier alpha value is -2.81. The summed E-state index contributed by atoms with van der Waals surface area (Å²) in [7, 11) is 0. The summed E-state index contributed by atoms with van der Waals surface area (Å²) < 4.78 is 39.5. The molecule has 2 heterocycles. The number of carbonyl (C=O) groups excluding carboxylic acids is 2. The lowest BCUT2D eigenvalue weighted by molar-refractivity contribution is -0.184. The van der Waals surface area contributed by atoms with E-state index in [1.807, 2.05) is 24.3 Å². The molecule has 3 atom stereocenters. The molecule has 3 unspecified atom stereocenters. The van der Waals surface area contributed by atoms with E-state index in [1.54, 1.807) is 23.7 Å². The highest BCUT2D eigenvalue weighted by atomic mass is 32.1. The molecule has 2 amide bonds. The van der Waals surface area contributed by atoms with E-state index < -0.39 is 30.1 Å². The van der Waals surface area contributed by atoms with Gasteiger partial charge in [-0.25, -0.2) is 0 Å². The van der Waals surface area contributed by atoms with E-state index in [9.17, 15) is 22.8 Å². The van der Waals surface area contributed by atoms with E-state index in [-0.39, 0.29) is 25.2 Å². The summed E-state index contributed by atoms with van der Waals surface area (Å²) in [4.78, 5) is 29.4. The SMILES string of the molecule is O=C(NC(Cc1c[nH]c2ccccc12)C(=O)NC1CCCC(C(F)(F)F)C1)c1cccs1. The second-order valence-electron chi connectivity index (χ2n) is 8.18. The van der Waals surface area contributed by atoms with E-state index in [1.165, 1.54) is 11.3 Å². The van der Waals surface area contributed by atoms with Crippen molar-refractivity contribution in [3.63, 3.8) is 0 Å². The lowest BCUT2D eigenvalue weighted by Crippen LogP contribution is -2.52. The minimum Gasteiger partial charge on any atom is -0.361 e. The molecule has 1 saturated carbocycles. The molecule has 0 spiro atoms. The zero-order chi connectivity index (χ0) is 22.7. The first-order chi connectivity index (χ1) is 15.3. The zero-order valence-corrected chi connectivity index (χ0v) is 18.1. The van der Waals surface area contributed by atoms with Crippen molar-refractivity contribution < 1.29 is 22.8 Å². The summed E-state index contributed by atoms with van der Waals surface area (Å²) in [5.74, 6) is -2.25. The second kappa shape index (κ2) is 9.36. The molecule has 4 rings (SSSR count). The third-order valence-electron chi connectivity index (χ3n) is 5.95. The number of nitrogens with one attached hydrogen (secondary N) is 3. The molecule has 3 N–H and O–H groups in total. The number of aromatic amines is 1. The van der Waals surface area contributed by atoms with E-state index in [0.29, 0.717) is 17.7 Å². The van der Waals surface area contributed by atoms with Gasteiger partial charge in [-0.15, -0.1) is 11.3 Å². The highest BCUT2D eigenvalue weighted by molar-refractivity contribution is 7.12. The van der Waals surface area contributed by atoms with Gasteiger partial charge in [-0.05, 0) is 42.3 Å². The average Bonchev–Trinajstić information content (AvgIpc) is 3.43. The van der Waals surface area contributed by atoms with Crippen LogP contribution in [0.2, 0.25) is 0 Å². The summed E-state index contributed by atoms with van der Waals surface area (Å²) in [6.45, 7) is 0. The maximum Gasteiger partial charge on any atom is 0.391 e. The Morgan fingerprint density at radius 1 is 1.16 bits per heavy atom. The summed E-state index contributed by atoms with van der Waals surface area (Å²) in [6, 6.07) is 9.55. The molecule has 170 valence electrons. The molecular formula is C23H24F3N3O2S. The number of thiophene rings is 1. The molecule has 1 fully saturated rings. The Morgan fingerprint density at radius 3 is 2.72 bits per heavy atom. The number of alkyl halides is 3. The molecule has 32 heavy (non-hydrogen) atoms. The second-order valence-corrected chi connectivity index (χ2v) is 9.13. The van der Waals surface area contributed by atoms with Crippen LogP contribution in [-0.2, 0) is 11.2 Å². The molecule has 9 heteroatoms. The molecule has 1 aliphatic rings. The van der Waals surface area contributed by atoms with Crippen LogP contribution in [0.5, 0.6) is 0 Å². The predicted molar refractivity (Wildman–Crippen MR) is 118 cm³/mol. The van der Waals surface area contributed by atoms with Gasteiger partial charge in [-0.1, -0.05) is 30.7 Å². The number of carbonyl (C=O) groups is 2. The first kappa shape index (κ1) is 22.4. The van der Waals surface area contributed by atoms with Gasteiger partial charge in [-0.3, -0.25) is 9.59 Å². The maximum absolute atomic E-state index is 13.2. The Labute approximate surface area is 187 Å². The van der Waals surface area contributed by atoms with Crippen LogP contribution in [0.15, 0.2) is 48.0 Å². The maximum atomic E-state index is 13.2. The summed E-state index contributed by atoms with van der Waals surface area (Å²) in [5.41, 5.74) is 1.76. The highest BCUT2D eigenvalue weighted by Crippen LogP contribution is 2.37. The third kappa shape index (κ3) is 5.15. The first-order valence-electron chi connectivity index (χ1n) is 10.6. The molecular weight excluding hydrogens is 439 g/mol. The molecule has 1 aliphatic carbocycles. The van der Waals surface area contributed by atoms with E-state index in [2.05, 4.69) is 15.6 Å². The van der Waals surface area contributed by atoms with Crippen molar-refractivity contribution in [2.75, 3.05) is 0 Å². The van der Waals surface area contributed by atoms with Crippen LogP contribution in [0.4, 0.5) is 13.2 Å². The lowest BCUT2D eigenvalue weighted by Gasteiger charge is -2.32. The fourth-order valence-corrected chi connectivity index (χ4v) is 4.91. The summed E-state index contributed by atoms with van der Waals surface area (Å²) in [5, 5.41) is 8.25. The Morgan fingerprint density at radius 2 is 1.97 bits per heavy atom. The Balaban J connectivity index is 1.51. The number of para-hydroxylation sites is 1. The van der Waals surface area contributed by atoms with Gasteiger partial charge in [0.1, 0.15) is 6.04 Å². The summed E-state index contributed by atoms with van der Waals surface area (Å²) >= 11 is 1.26. The summed E-state index contributed by atoms with van der Waals surface area (Å²) in [6.07, 6.45) is -1.39. The normalized spacial score (nSPS) is 20.1. The van der Waals surface area contributed by atoms with Crippen molar-refractivity contribution in [3.8, 4) is 0 Å². The van der Waals surface area contributed by atoms with Crippen molar-refractivity contribution in [1.82, 2.24) is 15.6 Å². The Bertz CT molecular complexity index is 1080. The van der Waals surface area contributed by atoms with Crippen LogP contribution in [0.1, 0.15) is 40.9 Å². The van der Waals surface area contributed by atoms with Crippen molar-refractivity contribution >= 4 is 34.1 Å². The van der Waals surface area contributed by atoms with Crippen LogP contribution in [0.3, 0.4) is 0 Å². The number of hydrogen-bond donors (Lipinski definition) is 3. The minimum absolute atomic E-state index is 0.0871. The fraction of sp³-hybridized carbons (Fsp3) is 0.391. The smallest absolute Gasteiger partial charge is 0.361 e. The molecule has 0 aliphatic heterocycles. The van der Waals surface area contributed by atoms with Crippen molar-refractivity contribution in [2.24, 2.45) is 5.92 Å². The monoisotopic (exact) mass is 463 g/mol. The van der Waals surface area contributed by atoms with Crippen LogP contribution in [0, 0.1) is 5.92 Å². The van der Waals surface area contributed by atoms with Gasteiger partial charge in [0.05, 0.1) is 10.8 Å². The number of fused-ring (bicyclic) bond motifs is 1. The number of hydrogen-bond acceptors (Lipinski definition) is 3. The number of H-pyrrole nitrogens is 1. The molecule has 3 aromatic rings. The number of aromatic nitrogens is 1. The molecule has 5 nitrogen and oxygen atoms in total. The van der Waals surface area contributed by atoms with Crippen LogP contribution < -0.4 is 10.6 Å². The van der Waals surface area contributed by atoms with Gasteiger partial charge in [0.25, 0.3) is 5.91 Å². The molecule has 1 aromatic carbocycles. The van der Waals surface area contributed by atoms with Crippen LogP contribution >= 0.6 is 11.3 Å². The van der Waals surface area contributed by atoms with Gasteiger partial charge < -0.3 is 15.6 Å². The van der Waals surface area contributed by atoms with Crippen LogP contribution in [-0.4, -0.2) is 35.1 Å². The quantitative estimate of drug-likeness (QED) is 0.491. The van der Waals surface area contributed by atoms with Gasteiger partial charge in [0, 0.05) is 29.6 Å². The Kier molecular flexibility index (Phi) is 6.55. The third-order valence-corrected chi connectivity index (χ3v) is 6.82. The number of halogens is 3. The fourth-order valence-electron chi connectivity index (χ4n) is 4.29. The average molecular weight is 464 g/mol. The van der Waals surface area contributed by atoms with E-state index in [4.69, 9.17) is 0 Å². The molecule has 0 saturated heterocycles. The number of amides is 2. The minimum atomic E-state index is -4.26. The lowest BCUT2D eigenvalue weighted by atomic mass is 9.85. The van der Waals surface area contributed by atoms with Crippen molar-refractivity contribution in [1.29, 1.82) is 0 Å². The van der Waals surface area contributed by atoms with Gasteiger partial charge in [0.15, 0.2) is 0 Å². The van der Waals surface area contributed by atoms with Crippen LogP contribution in [0.25, 0.3) is 10.9 Å². The molecule has 0 radical (unpaired) electrons. The number of benzene rings is 1. The van der Waals surface area contributed by atoms with Crippen molar-refractivity contribution in [3.05, 3.63) is 58.4 Å². The van der Waals surface area contributed by atoms with Gasteiger partial charge in [0.2, 0.25) is 5.91 Å². The largest absolute Gasteiger partial charge is 0.391 e. The molecule has 2 aromatic heterocycles. The standard InChI is InChI=1S/C23H24F3N3O2S/c24-23(25,26)15-5-3-6-16(12-15)28-21(30)19(29-22(31)20-9-4-10-32-20)11-14-13-27-18-8-2-1-7-17(14)18/h1-2,4,7-10,13,15-16,19,27H,3,5-6,11-12H2,(H,28,30)(H,29,31). The number of rotatable bonds is 6. The molecule has 0 bridgehead atoms. The van der Waals surface area contributed by atoms with Gasteiger partial charge in [-0.2, -0.15) is 13.2 Å². The van der Waals surface area contributed by atoms with Gasteiger partial charge >= 0.3 is 6.18 Å². The van der Waals surface area contributed by atoms with E-state index in [0.717, 1.165) is 16.5 Å².